The van der Waals surface area contributed by atoms with Gasteiger partial charge in [-0.15, -0.1) is 0 Å². The Morgan fingerprint density at radius 1 is 0.284 bits per heavy atom. The maximum Gasteiger partial charge on any atom is 0.306 e. The molecular weight excluding hydrogens is 913 g/mol. The summed E-state index contributed by atoms with van der Waals surface area (Å²) in [4.78, 5) is 38.2. The molecule has 1 atom stereocenters. The lowest BCUT2D eigenvalue weighted by Gasteiger charge is -2.18. The summed E-state index contributed by atoms with van der Waals surface area (Å²) in [5, 5.41) is 0. The van der Waals surface area contributed by atoms with Crippen LogP contribution in [0.1, 0.15) is 271 Å². The van der Waals surface area contributed by atoms with Crippen molar-refractivity contribution in [1.82, 2.24) is 0 Å². The molecule has 420 valence electrons. The van der Waals surface area contributed by atoms with Crippen LogP contribution in [0.25, 0.3) is 0 Å². The molecule has 0 saturated carbocycles. The molecule has 0 amide bonds. The minimum absolute atomic E-state index is 0.0887. The van der Waals surface area contributed by atoms with E-state index in [2.05, 4.69) is 142 Å². The lowest BCUT2D eigenvalue weighted by atomic mass is 10.0. The molecule has 1 unspecified atom stereocenters. The molecule has 0 aromatic heterocycles. The van der Waals surface area contributed by atoms with Crippen LogP contribution in [0.2, 0.25) is 0 Å². The van der Waals surface area contributed by atoms with Crippen LogP contribution in [0.15, 0.2) is 122 Å². The lowest BCUT2D eigenvalue weighted by Crippen LogP contribution is -2.30. The van der Waals surface area contributed by atoms with Crippen molar-refractivity contribution in [1.29, 1.82) is 0 Å². The second-order valence-electron chi connectivity index (χ2n) is 19.9. The summed E-state index contributed by atoms with van der Waals surface area (Å²) in [6.45, 7) is 6.39. The van der Waals surface area contributed by atoms with Gasteiger partial charge in [0.2, 0.25) is 0 Å². The van der Waals surface area contributed by atoms with Gasteiger partial charge in [-0.25, -0.2) is 0 Å². The average Bonchev–Trinajstić information content (AvgIpc) is 3.40. The van der Waals surface area contributed by atoms with Crippen LogP contribution in [0.3, 0.4) is 0 Å². The highest BCUT2D eigenvalue weighted by atomic mass is 16.6. The number of allylic oxidation sites excluding steroid dienone is 20. The number of carbonyl (C=O) groups excluding carboxylic acids is 3. The summed E-state index contributed by atoms with van der Waals surface area (Å²) in [7, 11) is 0. The van der Waals surface area contributed by atoms with Crippen LogP contribution in [-0.2, 0) is 28.6 Å². The first-order chi connectivity index (χ1) is 36.5. The summed E-state index contributed by atoms with van der Waals surface area (Å²) in [5.41, 5.74) is 0. The van der Waals surface area contributed by atoms with E-state index in [0.29, 0.717) is 19.3 Å². The van der Waals surface area contributed by atoms with Gasteiger partial charge in [0.25, 0.3) is 0 Å². The minimum Gasteiger partial charge on any atom is -0.462 e. The Morgan fingerprint density at radius 2 is 0.527 bits per heavy atom. The molecule has 74 heavy (non-hydrogen) atoms. The predicted molar refractivity (Wildman–Crippen MR) is 320 cm³/mol. The summed E-state index contributed by atoms with van der Waals surface area (Å²) in [6.07, 6.45) is 84.8. The number of hydrogen-bond donors (Lipinski definition) is 0. The number of esters is 3. The third kappa shape index (κ3) is 58.7. The standard InChI is InChI=1S/C68H112O6/c1-4-7-10-13-16-19-22-25-27-28-29-30-31-32-33-34-35-36-37-38-39-40-42-43-46-49-52-55-58-61-67(70)73-64-65(63-72-66(69)60-57-54-51-48-45-24-21-18-15-12-9-6-3)74-68(71)62-59-56-53-50-47-44-41-26-23-20-17-14-11-8-5-2/h7-8,10-11,16-17,19-20,25-27,29-30,32-33,35-36,38-39,41,65H,4-6,9,12-15,18,21-24,28,31,34,37,40,42-64H2,1-3H3/b10-7-,11-8-,19-16-,20-17-,27-25-,30-29-,33-32-,36-35-,39-38-,41-26-. The van der Waals surface area contributed by atoms with E-state index in [1.165, 1.54) is 83.5 Å². The van der Waals surface area contributed by atoms with Crippen LogP contribution < -0.4 is 0 Å². The second kappa shape index (κ2) is 61.4. The fourth-order valence-electron chi connectivity index (χ4n) is 8.20. The van der Waals surface area contributed by atoms with E-state index in [1.807, 2.05) is 0 Å². The highest BCUT2D eigenvalue weighted by molar-refractivity contribution is 5.71. The molecule has 0 saturated heterocycles. The van der Waals surface area contributed by atoms with Crippen molar-refractivity contribution in [3.63, 3.8) is 0 Å². The zero-order chi connectivity index (χ0) is 53.6. The molecule has 0 aliphatic heterocycles. The summed E-state index contributed by atoms with van der Waals surface area (Å²) >= 11 is 0. The van der Waals surface area contributed by atoms with Crippen molar-refractivity contribution < 1.29 is 28.6 Å². The molecule has 0 heterocycles. The van der Waals surface area contributed by atoms with Gasteiger partial charge >= 0.3 is 17.9 Å². The monoisotopic (exact) mass is 1020 g/mol. The van der Waals surface area contributed by atoms with Gasteiger partial charge in [0, 0.05) is 19.3 Å². The van der Waals surface area contributed by atoms with Gasteiger partial charge < -0.3 is 14.2 Å². The normalized spacial score (nSPS) is 13.0. The largest absolute Gasteiger partial charge is 0.462 e. The van der Waals surface area contributed by atoms with Crippen molar-refractivity contribution in [2.45, 2.75) is 277 Å². The maximum atomic E-state index is 12.9. The molecule has 0 aromatic rings. The Morgan fingerprint density at radius 3 is 0.824 bits per heavy atom. The van der Waals surface area contributed by atoms with E-state index in [-0.39, 0.29) is 31.1 Å². The zero-order valence-electron chi connectivity index (χ0n) is 48.1. The van der Waals surface area contributed by atoms with E-state index in [0.717, 1.165) is 148 Å². The quantitative estimate of drug-likeness (QED) is 0.0261. The zero-order valence-corrected chi connectivity index (χ0v) is 48.1. The van der Waals surface area contributed by atoms with Crippen LogP contribution in [0.4, 0.5) is 0 Å². The predicted octanol–water partition coefficient (Wildman–Crippen LogP) is 20.8. The third-order valence-corrected chi connectivity index (χ3v) is 12.7. The number of hydrogen-bond acceptors (Lipinski definition) is 6. The third-order valence-electron chi connectivity index (χ3n) is 12.7. The SMILES string of the molecule is CC/C=C\C/C=C\C/C=C\C/C=C\C/C=C\C/C=C\C/C=C\CCCCCCCCCC(=O)OCC(COC(=O)CCCCCCCCCCCCCC)OC(=O)CCCCCCC/C=C\C/C=C\C/C=C\CC. The summed E-state index contributed by atoms with van der Waals surface area (Å²) in [5.74, 6) is -0.916. The van der Waals surface area contributed by atoms with Gasteiger partial charge in [0.15, 0.2) is 6.10 Å². The highest BCUT2D eigenvalue weighted by Gasteiger charge is 2.19. The van der Waals surface area contributed by atoms with E-state index < -0.39 is 6.10 Å². The second-order valence-corrected chi connectivity index (χ2v) is 19.9. The van der Waals surface area contributed by atoms with Crippen LogP contribution in [-0.4, -0.2) is 37.2 Å². The fraction of sp³-hybridized carbons (Fsp3) is 0.662. The summed E-state index contributed by atoms with van der Waals surface area (Å²) in [6, 6.07) is 0. The first-order valence-electron chi connectivity index (χ1n) is 30.5. The smallest absolute Gasteiger partial charge is 0.306 e. The first kappa shape index (κ1) is 69.8. The number of unbranched alkanes of at least 4 members (excludes halogenated alkanes) is 23. The maximum absolute atomic E-state index is 12.9. The van der Waals surface area contributed by atoms with E-state index in [1.54, 1.807) is 0 Å². The molecule has 0 spiro atoms. The highest BCUT2D eigenvalue weighted by Crippen LogP contribution is 2.15. The Hall–Kier alpha value is -4.19. The topological polar surface area (TPSA) is 78.9 Å². The lowest BCUT2D eigenvalue weighted by molar-refractivity contribution is -0.167. The Labute approximate surface area is 456 Å². The van der Waals surface area contributed by atoms with Crippen molar-refractivity contribution in [3.05, 3.63) is 122 Å². The first-order valence-corrected chi connectivity index (χ1v) is 30.5. The molecule has 0 bridgehead atoms. The molecule has 6 heteroatoms. The van der Waals surface area contributed by atoms with E-state index >= 15 is 0 Å². The van der Waals surface area contributed by atoms with Crippen LogP contribution in [0, 0.1) is 0 Å². The summed E-state index contributed by atoms with van der Waals surface area (Å²) < 4.78 is 16.9. The van der Waals surface area contributed by atoms with Gasteiger partial charge in [-0.05, 0) is 109 Å². The molecular formula is C68H112O6. The number of ether oxygens (including phenoxy) is 3. The molecule has 0 radical (unpaired) electrons. The van der Waals surface area contributed by atoms with Gasteiger partial charge in [0.05, 0.1) is 0 Å². The van der Waals surface area contributed by atoms with Crippen molar-refractivity contribution in [2.75, 3.05) is 13.2 Å². The molecule has 0 aromatic carbocycles. The Kier molecular flexibility index (Phi) is 57.9. The molecule has 0 N–H and O–H groups in total. The minimum atomic E-state index is -0.793. The van der Waals surface area contributed by atoms with E-state index in [4.69, 9.17) is 14.2 Å². The molecule has 0 fully saturated rings. The van der Waals surface area contributed by atoms with Crippen molar-refractivity contribution in [2.24, 2.45) is 0 Å². The van der Waals surface area contributed by atoms with Crippen molar-refractivity contribution >= 4 is 17.9 Å². The average molecular weight is 1030 g/mol. The van der Waals surface area contributed by atoms with Gasteiger partial charge in [-0.3, -0.25) is 14.4 Å². The number of rotatable bonds is 54. The fourth-order valence-corrected chi connectivity index (χ4v) is 8.20. The Bertz CT molecular complexity index is 1550. The Balaban J connectivity index is 4.32. The van der Waals surface area contributed by atoms with Crippen molar-refractivity contribution in [3.8, 4) is 0 Å². The molecule has 0 rings (SSSR count). The number of carbonyl (C=O) groups is 3. The van der Waals surface area contributed by atoms with E-state index in [9.17, 15) is 14.4 Å². The molecule has 6 nitrogen and oxygen atoms in total. The van der Waals surface area contributed by atoms with Gasteiger partial charge in [0.1, 0.15) is 13.2 Å². The van der Waals surface area contributed by atoms with Gasteiger partial charge in [-0.2, -0.15) is 0 Å². The van der Waals surface area contributed by atoms with Crippen LogP contribution in [0.5, 0.6) is 0 Å². The van der Waals surface area contributed by atoms with Crippen LogP contribution >= 0.6 is 0 Å². The molecule has 0 aliphatic carbocycles. The molecule has 0 aliphatic rings. The van der Waals surface area contributed by atoms with Gasteiger partial charge in [-0.1, -0.05) is 264 Å².